The van der Waals surface area contributed by atoms with E-state index in [2.05, 4.69) is 15.0 Å². The van der Waals surface area contributed by atoms with Crippen molar-refractivity contribution in [3.05, 3.63) is 24.8 Å². The van der Waals surface area contributed by atoms with Gasteiger partial charge in [-0.2, -0.15) is 0 Å². The summed E-state index contributed by atoms with van der Waals surface area (Å²) in [6.45, 7) is 12.0. The molecule has 0 saturated heterocycles. The number of fused-ring (bicyclic) bond motifs is 3. The van der Waals surface area contributed by atoms with Gasteiger partial charge >= 0.3 is 0 Å². The Balaban J connectivity index is 0.000000482. The zero-order valence-corrected chi connectivity index (χ0v) is 13.2. The third kappa shape index (κ3) is 3.56. The number of nitrogens with one attached hydrogen (secondary N) is 1. The molecule has 3 heterocycles. The number of H-pyrrole nitrogens is 1. The van der Waals surface area contributed by atoms with E-state index in [1.165, 1.54) is 0 Å². The van der Waals surface area contributed by atoms with Crippen LogP contribution in [0.1, 0.15) is 41.5 Å². The summed E-state index contributed by atoms with van der Waals surface area (Å²) >= 11 is 0. The van der Waals surface area contributed by atoms with E-state index in [4.69, 9.17) is 0 Å². The maximum absolute atomic E-state index is 4.25. The number of hydrogen-bond acceptors (Lipinski definition) is 2. The van der Waals surface area contributed by atoms with Gasteiger partial charge in [-0.3, -0.25) is 0 Å². The molecule has 19 heavy (non-hydrogen) atoms. The number of hydrogen-bond donors (Lipinski definition) is 1. The van der Waals surface area contributed by atoms with Crippen molar-refractivity contribution in [1.82, 2.24) is 19.5 Å². The molecule has 0 radical (unpaired) electrons. The molecule has 1 N–H and O–H groups in total. The summed E-state index contributed by atoms with van der Waals surface area (Å²) in [6, 6.07) is 2.02. The molecule has 0 fully saturated rings. The molecule has 0 aliphatic rings. The minimum atomic E-state index is 0.913. The molecule has 0 saturated carbocycles. The van der Waals surface area contributed by atoms with Gasteiger partial charge in [0, 0.05) is 18.6 Å². The predicted molar refractivity (Wildman–Crippen MR) is 84.4 cm³/mol. The van der Waals surface area contributed by atoms with Crippen LogP contribution in [0.5, 0.6) is 0 Å². The van der Waals surface area contributed by atoms with E-state index in [0.29, 0.717) is 0 Å². The normalized spacial score (nSPS) is 8.79. The van der Waals surface area contributed by atoms with Crippen molar-refractivity contribution in [2.24, 2.45) is 7.05 Å². The maximum atomic E-state index is 4.25. The highest BCUT2D eigenvalue weighted by atomic mass is 15.0. The van der Waals surface area contributed by atoms with Gasteiger partial charge in [0.1, 0.15) is 11.2 Å². The fourth-order valence-corrected chi connectivity index (χ4v) is 1.66. The second-order valence-corrected chi connectivity index (χ2v) is 3.09. The molecular weight excluding hydrogens is 236 g/mol. The predicted octanol–water partition coefficient (Wildman–Crippen LogP) is 4.53. The van der Waals surface area contributed by atoms with Crippen molar-refractivity contribution in [1.29, 1.82) is 0 Å². The highest BCUT2D eigenvalue weighted by molar-refractivity contribution is 6.00. The summed E-state index contributed by atoms with van der Waals surface area (Å²) in [5, 5.41) is 1.12. The second-order valence-electron chi connectivity index (χ2n) is 3.09. The van der Waals surface area contributed by atoms with Gasteiger partial charge < -0.3 is 9.55 Å². The van der Waals surface area contributed by atoms with Crippen LogP contribution in [0.15, 0.2) is 24.8 Å². The number of aromatic amines is 1. The van der Waals surface area contributed by atoms with E-state index in [0.717, 1.165) is 22.1 Å². The minimum Gasteiger partial charge on any atom is -0.346 e. The second kappa shape index (κ2) is 9.14. The fourth-order valence-electron chi connectivity index (χ4n) is 1.66. The molecule has 0 spiro atoms. The molecule has 3 aromatic rings. The maximum Gasteiger partial charge on any atom is 0.139 e. The average molecular weight is 262 g/mol. The summed E-state index contributed by atoms with van der Waals surface area (Å²) in [4.78, 5) is 11.6. The summed E-state index contributed by atoms with van der Waals surface area (Å²) in [6.07, 6.45) is 5.48. The molecular formula is C15H26N4. The molecule has 3 aromatic heterocycles. The first-order valence-electron chi connectivity index (χ1n) is 7.09. The van der Waals surface area contributed by atoms with Crippen molar-refractivity contribution < 1.29 is 0 Å². The summed E-state index contributed by atoms with van der Waals surface area (Å²) < 4.78 is 2.01. The number of rotatable bonds is 0. The van der Waals surface area contributed by atoms with Gasteiger partial charge in [0.15, 0.2) is 0 Å². The first-order valence-corrected chi connectivity index (χ1v) is 7.09. The molecule has 106 valence electrons. The van der Waals surface area contributed by atoms with Crippen LogP contribution in [-0.2, 0) is 7.05 Å². The van der Waals surface area contributed by atoms with E-state index in [1.807, 2.05) is 65.4 Å². The Bertz CT molecular complexity index is 578. The Morgan fingerprint density at radius 3 is 2.26 bits per heavy atom. The fraction of sp³-hybridized carbons (Fsp3) is 0.467. The Morgan fingerprint density at radius 2 is 1.63 bits per heavy atom. The monoisotopic (exact) mass is 262 g/mol. The van der Waals surface area contributed by atoms with Crippen LogP contribution < -0.4 is 0 Å². The Labute approximate surface area is 115 Å². The largest absolute Gasteiger partial charge is 0.346 e. The van der Waals surface area contributed by atoms with E-state index < -0.39 is 0 Å². The van der Waals surface area contributed by atoms with Gasteiger partial charge in [-0.05, 0) is 6.07 Å². The Morgan fingerprint density at radius 1 is 1.00 bits per heavy atom. The van der Waals surface area contributed by atoms with E-state index in [1.54, 1.807) is 12.5 Å². The summed E-state index contributed by atoms with van der Waals surface area (Å²) in [5.41, 5.74) is 2.98. The van der Waals surface area contributed by atoms with E-state index in [-0.39, 0.29) is 0 Å². The molecule has 0 bridgehead atoms. The van der Waals surface area contributed by atoms with Crippen LogP contribution in [0.2, 0.25) is 0 Å². The molecule has 0 amide bonds. The standard InChI is InChI=1S/C9H8N4.3C2H6/c1-13-5-12-7-4-11-9-6(8(7)13)2-3-10-9;3*1-2/h2-5H,1H3,(H,10,11);3*1-2H3. The van der Waals surface area contributed by atoms with E-state index >= 15 is 0 Å². The highest BCUT2D eigenvalue weighted by Gasteiger charge is 2.05. The number of aromatic nitrogens is 4. The number of pyridine rings is 1. The Hall–Kier alpha value is -1.84. The lowest BCUT2D eigenvalue weighted by Gasteiger charge is -1.95. The minimum absolute atomic E-state index is 0.913. The smallest absolute Gasteiger partial charge is 0.139 e. The quantitative estimate of drug-likeness (QED) is 0.647. The number of aryl methyl sites for hydroxylation is 1. The van der Waals surface area contributed by atoms with Gasteiger partial charge in [0.05, 0.1) is 18.0 Å². The van der Waals surface area contributed by atoms with Crippen LogP contribution >= 0.6 is 0 Å². The SMILES string of the molecule is CC.CC.CC.Cn1cnc2cnc3[nH]ccc3c21. The molecule has 0 aliphatic carbocycles. The molecule has 0 unspecified atom stereocenters. The molecule has 3 rings (SSSR count). The topological polar surface area (TPSA) is 46.5 Å². The third-order valence-corrected chi connectivity index (χ3v) is 2.26. The Kier molecular flexibility index (Phi) is 8.25. The van der Waals surface area contributed by atoms with Crippen molar-refractivity contribution in [3.63, 3.8) is 0 Å². The van der Waals surface area contributed by atoms with Crippen molar-refractivity contribution in [2.45, 2.75) is 41.5 Å². The van der Waals surface area contributed by atoms with Crippen molar-refractivity contribution >= 4 is 22.1 Å². The van der Waals surface area contributed by atoms with Gasteiger partial charge in [-0.1, -0.05) is 41.5 Å². The van der Waals surface area contributed by atoms with Gasteiger partial charge in [0.25, 0.3) is 0 Å². The van der Waals surface area contributed by atoms with Gasteiger partial charge in [-0.25, -0.2) is 9.97 Å². The van der Waals surface area contributed by atoms with Crippen molar-refractivity contribution in [3.8, 4) is 0 Å². The highest BCUT2D eigenvalue weighted by Crippen LogP contribution is 2.20. The van der Waals surface area contributed by atoms with Crippen LogP contribution in [0.25, 0.3) is 22.1 Å². The molecule has 0 aliphatic heterocycles. The third-order valence-electron chi connectivity index (χ3n) is 2.26. The molecule has 4 nitrogen and oxygen atoms in total. The van der Waals surface area contributed by atoms with E-state index in [9.17, 15) is 0 Å². The van der Waals surface area contributed by atoms with Crippen molar-refractivity contribution in [2.75, 3.05) is 0 Å². The van der Waals surface area contributed by atoms with Gasteiger partial charge in [0.2, 0.25) is 0 Å². The summed E-state index contributed by atoms with van der Waals surface area (Å²) in [5.74, 6) is 0. The molecule has 0 atom stereocenters. The first kappa shape index (κ1) is 17.2. The average Bonchev–Trinajstić information content (AvgIpc) is 3.11. The zero-order chi connectivity index (χ0) is 14.8. The summed E-state index contributed by atoms with van der Waals surface area (Å²) in [7, 11) is 1.99. The van der Waals surface area contributed by atoms with Crippen LogP contribution in [0, 0.1) is 0 Å². The van der Waals surface area contributed by atoms with Crippen LogP contribution in [0.3, 0.4) is 0 Å². The van der Waals surface area contributed by atoms with Crippen LogP contribution in [0.4, 0.5) is 0 Å². The first-order chi connectivity index (χ1) is 9.36. The number of imidazole rings is 1. The molecule has 0 aromatic carbocycles. The lowest BCUT2D eigenvalue weighted by atomic mass is 10.3. The lowest BCUT2D eigenvalue weighted by Crippen LogP contribution is -1.85. The molecule has 4 heteroatoms. The number of nitrogens with zero attached hydrogens (tertiary/aromatic N) is 3. The van der Waals surface area contributed by atoms with Gasteiger partial charge in [-0.15, -0.1) is 0 Å². The van der Waals surface area contributed by atoms with Crippen LogP contribution in [-0.4, -0.2) is 19.5 Å². The zero-order valence-electron chi connectivity index (χ0n) is 13.2. The lowest BCUT2D eigenvalue weighted by molar-refractivity contribution is 0.951.